The molecule has 4 rings (SSSR count). The van der Waals surface area contributed by atoms with Crippen LogP contribution >= 0.6 is 0 Å². The van der Waals surface area contributed by atoms with Crippen LogP contribution in [0.2, 0.25) is 0 Å². The molecular formula is C27H33FN6O. The number of aromatic nitrogens is 2. The van der Waals surface area contributed by atoms with Gasteiger partial charge in [-0.3, -0.25) is 4.79 Å². The molecule has 0 radical (unpaired) electrons. The van der Waals surface area contributed by atoms with Crippen LogP contribution in [0.5, 0.6) is 0 Å². The summed E-state index contributed by atoms with van der Waals surface area (Å²) in [7, 11) is 2.15. The molecule has 1 saturated heterocycles. The van der Waals surface area contributed by atoms with Crippen LogP contribution in [-0.4, -0.2) is 60.0 Å². The molecule has 0 unspecified atom stereocenters. The van der Waals surface area contributed by atoms with E-state index in [4.69, 9.17) is 0 Å². The number of amides is 1. The van der Waals surface area contributed by atoms with Crippen molar-refractivity contribution in [1.29, 1.82) is 0 Å². The molecule has 0 atom stereocenters. The highest BCUT2D eigenvalue weighted by Gasteiger charge is 2.17. The molecule has 1 aliphatic heterocycles. The molecule has 1 fully saturated rings. The minimum Gasteiger partial charge on any atom is -0.369 e. The molecule has 1 aromatic heterocycles. The maximum atomic E-state index is 14.6. The van der Waals surface area contributed by atoms with Crippen LogP contribution < -0.4 is 15.5 Å². The third-order valence-electron chi connectivity index (χ3n) is 6.11. The molecule has 184 valence electrons. The Labute approximate surface area is 206 Å². The van der Waals surface area contributed by atoms with Gasteiger partial charge in [0.1, 0.15) is 5.82 Å². The molecular weight excluding hydrogens is 443 g/mol. The lowest BCUT2D eigenvalue weighted by molar-refractivity contribution is 0.0944. The van der Waals surface area contributed by atoms with Gasteiger partial charge in [-0.25, -0.2) is 14.4 Å². The second-order valence-electron chi connectivity index (χ2n) is 9.37. The first kappa shape index (κ1) is 24.6. The summed E-state index contributed by atoms with van der Waals surface area (Å²) in [5.41, 5.74) is 4.44. The number of carbonyl (C=O) groups is 1. The van der Waals surface area contributed by atoms with Gasteiger partial charge in [0.05, 0.1) is 17.4 Å². The number of nitrogens with zero attached hydrogens (tertiary/aromatic N) is 4. The summed E-state index contributed by atoms with van der Waals surface area (Å²) in [6, 6.07) is 13.4. The summed E-state index contributed by atoms with van der Waals surface area (Å²) >= 11 is 0. The Morgan fingerprint density at radius 1 is 1.11 bits per heavy atom. The number of halogens is 1. The number of piperazine rings is 1. The second-order valence-corrected chi connectivity index (χ2v) is 9.37. The maximum absolute atomic E-state index is 14.6. The first-order valence-corrected chi connectivity index (χ1v) is 12.0. The van der Waals surface area contributed by atoms with Gasteiger partial charge in [-0.1, -0.05) is 24.3 Å². The highest BCUT2D eigenvalue weighted by molar-refractivity contribution is 6.00. The van der Waals surface area contributed by atoms with E-state index >= 15 is 0 Å². The first-order valence-electron chi connectivity index (χ1n) is 12.0. The number of hydrogen-bond donors (Lipinski definition) is 2. The van der Waals surface area contributed by atoms with E-state index in [2.05, 4.69) is 62.6 Å². The van der Waals surface area contributed by atoms with E-state index in [1.807, 2.05) is 13.8 Å². The van der Waals surface area contributed by atoms with E-state index in [0.29, 0.717) is 23.5 Å². The lowest BCUT2D eigenvalue weighted by atomic mass is 10.1. The van der Waals surface area contributed by atoms with Gasteiger partial charge in [-0.05, 0) is 57.1 Å². The van der Waals surface area contributed by atoms with Crippen molar-refractivity contribution in [2.45, 2.75) is 33.2 Å². The number of rotatable bonds is 7. The van der Waals surface area contributed by atoms with Gasteiger partial charge < -0.3 is 20.4 Å². The number of anilines is 3. The Hall–Kier alpha value is -3.52. The summed E-state index contributed by atoms with van der Waals surface area (Å²) in [4.78, 5) is 26.0. The molecule has 3 aromatic rings. The minimum absolute atomic E-state index is 0.0101. The van der Waals surface area contributed by atoms with Crippen LogP contribution in [0.4, 0.5) is 21.6 Å². The Morgan fingerprint density at radius 3 is 2.57 bits per heavy atom. The van der Waals surface area contributed by atoms with Crippen molar-refractivity contribution in [3.05, 3.63) is 77.0 Å². The quantitative estimate of drug-likeness (QED) is 0.534. The molecule has 1 amide bonds. The largest absolute Gasteiger partial charge is 0.369 e. The fourth-order valence-corrected chi connectivity index (χ4v) is 4.25. The zero-order valence-corrected chi connectivity index (χ0v) is 20.8. The molecule has 35 heavy (non-hydrogen) atoms. The zero-order valence-electron chi connectivity index (χ0n) is 20.8. The standard InChI is InChI=1S/C27H33FN6O/c1-18(2)30-27(35)21-7-5-6-8-23(21)31-26-22(28)17-29-25(32-26)16-20-9-10-24(19(3)15-20)34-13-11-33(4)12-14-34/h5-10,15,17-18H,11-14,16H2,1-4H3,(H,30,35)(H,29,31,32). The number of hydrogen-bond acceptors (Lipinski definition) is 6. The van der Waals surface area contributed by atoms with Crippen molar-refractivity contribution in [3.8, 4) is 0 Å². The Morgan fingerprint density at radius 2 is 1.86 bits per heavy atom. The summed E-state index contributed by atoms with van der Waals surface area (Å²) < 4.78 is 14.6. The van der Waals surface area contributed by atoms with Crippen LogP contribution in [-0.2, 0) is 6.42 Å². The third-order valence-corrected chi connectivity index (χ3v) is 6.11. The average Bonchev–Trinajstić information content (AvgIpc) is 2.82. The Kier molecular flexibility index (Phi) is 7.60. The number of para-hydroxylation sites is 1. The summed E-state index contributed by atoms with van der Waals surface area (Å²) in [5.74, 6) is -0.251. The second kappa shape index (κ2) is 10.8. The number of aryl methyl sites for hydroxylation is 1. The van der Waals surface area contributed by atoms with Crippen LogP contribution in [0.15, 0.2) is 48.7 Å². The molecule has 0 bridgehead atoms. The van der Waals surface area contributed by atoms with Gasteiger partial charge >= 0.3 is 0 Å². The highest BCUT2D eigenvalue weighted by Crippen LogP contribution is 2.25. The van der Waals surface area contributed by atoms with Crippen molar-refractivity contribution in [3.63, 3.8) is 0 Å². The van der Waals surface area contributed by atoms with Gasteiger partial charge in [0, 0.05) is 44.3 Å². The van der Waals surface area contributed by atoms with Crippen molar-refractivity contribution in [2.24, 2.45) is 0 Å². The SMILES string of the molecule is Cc1cc(Cc2ncc(F)c(Nc3ccccc3C(=O)NC(C)C)n2)ccc1N1CCN(C)CC1. The lowest BCUT2D eigenvalue weighted by Crippen LogP contribution is -2.44. The van der Waals surface area contributed by atoms with Gasteiger partial charge in [0.15, 0.2) is 11.6 Å². The lowest BCUT2D eigenvalue weighted by Gasteiger charge is -2.35. The normalized spacial score (nSPS) is 14.3. The average molecular weight is 477 g/mol. The van der Waals surface area contributed by atoms with Crippen LogP contribution in [0.1, 0.15) is 41.2 Å². The summed E-state index contributed by atoms with van der Waals surface area (Å²) in [6.45, 7) is 10.1. The Balaban J connectivity index is 1.51. The molecule has 2 N–H and O–H groups in total. The van der Waals surface area contributed by atoms with Crippen molar-refractivity contribution in [1.82, 2.24) is 20.2 Å². The van der Waals surface area contributed by atoms with Gasteiger partial charge in [-0.2, -0.15) is 0 Å². The molecule has 0 spiro atoms. The van der Waals surface area contributed by atoms with Crippen LogP contribution in [0.25, 0.3) is 0 Å². The first-order chi connectivity index (χ1) is 16.8. The Bertz CT molecular complexity index is 1190. The fraction of sp³-hybridized carbons (Fsp3) is 0.370. The van der Waals surface area contributed by atoms with Crippen LogP contribution in [0, 0.1) is 12.7 Å². The molecule has 7 nitrogen and oxygen atoms in total. The molecule has 8 heteroatoms. The fourth-order valence-electron chi connectivity index (χ4n) is 4.25. The van der Waals surface area contributed by atoms with E-state index < -0.39 is 5.82 Å². The zero-order chi connectivity index (χ0) is 24.9. The predicted octanol–water partition coefficient (Wildman–Crippen LogP) is 4.15. The van der Waals surface area contributed by atoms with E-state index in [0.717, 1.165) is 31.7 Å². The highest BCUT2D eigenvalue weighted by atomic mass is 19.1. The van der Waals surface area contributed by atoms with Gasteiger partial charge in [0.2, 0.25) is 0 Å². The topological polar surface area (TPSA) is 73.4 Å². The van der Waals surface area contributed by atoms with Crippen LogP contribution in [0.3, 0.4) is 0 Å². The number of likely N-dealkylation sites (N-methyl/N-ethyl adjacent to an activating group) is 1. The van der Waals surface area contributed by atoms with E-state index in [9.17, 15) is 9.18 Å². The van der Waals surface area contributed by atoms with E-state index in [1.54, 1.807) is 24.3 Å². The molecule has 1 aliphatic rings. The minimum atomic E-state index is -0.575. The molecule has 2 aromatic carbocycles. The molecule has 2 heterocycles. The maximum Gasteiger partial charge on any atom is 0.253 e. The van der Waals surface area contributed by atoms with Crippen molar-refractivity contribution < 1.29 is 9.18 Å². The number of benzene rings is 2. The van der Waals surface area contributed by atoms with Gasteiger partial charge in [0.25, 0.3) is 5.91 Å². The monoisotopic (exact) mass is 476 g/mol. The van der Waals surface area contributed by atoms with Gasteiger partial charge in [-0.15, -0.1) is 0 Å². The predicted molar refractivity (Wildman–Crippen MR) is 138 cm³/mol. The molecule has 0 saturated carbocycles. The summed E-state index contributed by atoms with van der Waals surface area (Å²) in [6.07, 6.45) is 1.65. The van der Waals surface area contributed by atoms with Crippen molar-refractivity contribution >= 4 is 23.1 Å². The van der Waals surface area contributed by atoms with E-state index in [-0.39, 0.29) is 17.8 Å². The van der Waals surface area contributed by atoms with E-state index in [1.165, 1.54) is 17.4 Å². The third kappa shape index (κ3) is 6.14. The number of nitrogens with one attached hydrogen (secondary N) is 2. The number of carbonyl (C=O) groups excluding carboxylic acids is 1. The molecule has 0 aliphatic carbocycles. The summed E-state index contributed by atoms with van der Waals surface area (Å²) in [5, 5.41) is 5.86. The smallest absolute Gasteiger partial charge is 0.253 e. The van der Waals surface area contributed by atoms with Crippen molar-refractivity contribution in [2.75, 3.05) is 43.4 Å².